The van der Waals surface area contributed by atoms with Crippen molar-refractivity contribution in [2.45, 2.75) is 65.5 Å². The van der Waals surface area contributed by atoms with Crippen LogP contribution in [0.1, 0.15) is 54.4 Å². The molecule has 2 aliphatic heterocycles. The van der Waals surface area contributed by atoms with Crippen LogP contribution in [0.3, 0.4) is 0 Å². The highest BCUT2D eigenvalue weighted by atomic mass is 15.3. The van der Waals surface area contributed by atoms with Gasteiger partial charge in [-0.2, -0.15) is 0 Å². The molecule has 0 aromatic heterocycles. The number of hydrogen-bond donors (Lipinski definition) is 0. The molecule has 1 atom stereocenters. The molecule has 104 valence electrons. The van der Waals surface area contributed by atoms with Crippen molar-refractivity contribution >= 4 is 0 Å². The second-order valence-electron chi connectivity index (χ2n) is 8.14. The lowest BCUT2D eigenvalue weighted by atomic mass is 9.83. The van der Waals surface area contributed by atoms with Gasteiger partial charge in [0.1, 0.15) is 0 Å². The molecule has 0 saturated carbocycles. The molecular formula is C16H30N2. The van der Waals surface area contributed by atoms with Gasteiger partial charge in [0.15, 0.2) is 0 Å². The molecule has 2 rings (SSSR count). The van der Waals surface area contributed by atoms with Crippen molar-refractivity contribution in [3.05, 3.63) is 12.3 Å². The minimum Gasteiger partial charge on any atom is -0.370 e. The Bertz CT molecular complexity index is 341. The molecule has 2 heteroatoms. The third kappa shape index (κ3) is 2.20. The Morgan fingerprint density at radius 3 is 1.89 bits per heavy atom. The van der Waals surface area contributed by atoms with Gasteiger partial charge in [-0.15, -0.1) is 0 Å². The third-order valence-electron chi connectivity index (χ3n) is 4.86. The molecule has 1 spiro atoms. The Morgan fingerprint density at radius 2 is 1.50 bits per heavy atom. The van der Waals surface area contributed by atoms with Crippen LogP contribution in [-0.4, -0.2) is 40.5 Å². The molecule has 2 saturated heterocycles. The average Bonchev–Trinajstić information content (AvgIpc) is 2.72. The molecule has 2 heterocycles. The zero-order valence-electron chi connectivity index (χ0n) is 13.1. The van der Waals surface area contributed by atoms with Gasteiger partial charge in [-0.3, -0.25) is 4.90 Å². The predicted molar refractivity (Wildman–Crippen MR) is 78.6 cm³/mol. The summed E-state index contributed by atoms with van der Waals surface area (Å²) in [4.78, 5) is 5.16. The topological polar surface area (TPSA) is 6.48 Å². The van der Waals surface area contributed by atoms with E-state index in [0.717, 1.165) is 0 Å². The molecule has 2 fully saturated rings. The summed E-state index contributed by atoms with van der Waals surface area (Å²) < 4.78 is 0. The normalized spacial score (nSPS) is 30.8. The van der Waals surface area contributed by atoms with Crippen molar-refractivity contribution < 1.29 is 0 Å². The molecule has 0 radical (unpaired) electrons. The molecule has 0 amide bonds. The third-order valence-corrected chi connectivity index (χ3v) is 4.86. The summed E-state index contributed by atoms with van der Waals surface area (Å²) in [6.45, 7) is 21.9. The summed E-state index contributed by atoms with van der Waals surface area (Å²) in [5, 5.41) is 0. The second-order valence-corrected chi connectivity index (χ2v) is 8.14. The SMILES string of the molecule is C=C1N(C(C)(C)C)CCC12CCN(C(C)(C)C)C2. The van der Waals surface area contributed by atoms with Gasteiger partial charge >= 0.3 is 0 Å². The fraction of sp³-hybridized carbons (Fsp3) is 0.875. The van der Waals surface area contributed by atoms with E-state index in [9.17, 15) is 0 Å². The van der Waals surface area contributed by atoms with E-state index >= 15 is 0 Å². The number of likely N-dealkylation sites (tertiary alicyclic amines) is 2. The van der Waals surface area contributed by atoms with E-state index in [2.05, 4.69) is 57.9 Å². The van der Waals surface area contributed by atoms with Crippen molar-refractivity contribution in [3.63, 3.8) is 0 Å². The van der Waals surface area contributed by atoms with E-state index in [1.54, 1.807) is 0 Å². The van der Waals surface area contributed by atoms with Crippen LogP contribution in [-0.2, 0) is 0 Å². The number of hydrogen-bond acceptors (Lipinski definition) is 2. The molecule has 18 heavy (non-hydrogen) atoms. The maximum Gasteiger partial charge on any atom is 0.0315 e. The first-order chi connectivity index (χ1) is 8.06. The summed E-state index contributed by atoms with van der Waals surface area (Å²) in [7, 11) is 0. The zero-order valence-corrected chi connectivity index (χ0v) is 13.1. The summed E-state index contributed by atoms with van der Waals surface area (Å²) >= 11 is 0. The number of rotatable bonds is 0. The lowest BCUT2D eigenvalue weighted by molar-refractivity contribution is 0.154. The minimum absolute atomic E-state index is 0.218. The maximum atomic E-state index is 4.45. The minimum atomic E-state index is 0.218. The maximum absolute atomic E-state index is 4.45. The van der Waals surface area contributed by atoms with Crippen LogP contribution >= 0.6 is 0 Å². The van der Waals surface area contributed by atoms with Gasteiger partial charge in [0, 0.05) is 35.3 Å². The van der Waals surface area contributed by atoms with E-state index in [0.29, 0.717) is 11.0 Å². The van der Waals surface area contributed by atoms with Gasteiger partial charge in [0.2, 0.25) is 0 Å². The molecule has 1 unspecified atom stereocenters. The Hall–Kier alpha value is -0.500. The van der Waals surface area contributed by atoms with E-state index < -0.39 is 0 Å². The van der Waals surface area contributed by atoms with Crippen molar-refractivity contribution in [1.82, 2.24) is 9.80 Å². The van der Waals surface area contributed by atoms with E-state index in [-0.39, 0.29) is 5.54 Å². The van der Waals surface area contributed by atoms with Crippen LogP contribution in [0.5, 0.6) is 0 Å². The first kappa shape index (κ1) is 13.9. The van der Waals surface area contributed by atoms with Crippen LogP contribution in [0.25, 0.3) is 0 Å². The van der Waals surface area contributed by atoms with Crippen molar-refractivity contribution in [2.75, 3.05) is 19.6 Å². The summed E-state index contributed by atoms with van der Waals surface area (Å²) in [5.41, 5.74) is 2.26. The van der Waals surface area contributed by atoms with E-state index in [1.165, 1.54) is 38.2 Å². The fourth-order valence-electron chi connectivity index (χ4n) is 3.52. The van der Waals surface area contributed by atoms with Gasteiger partial charge in [-0.1, -0.05) is 6.58 Å². The fourth-order valence-corrected chi connectivity index (χ4v) is 3.52. The quantitative estimate of drug-likeness (QED) is 0.649. The largest absolute Gasteiger partial charge is 0.370 e. The molecular weight excluding hydrogens is 220 g/mol. The lowest BCUT2D eigenvalue weighted by Crippen LogP contribution is -2.42. The van der Waals surface area contributed by atoms with Gasteiger partial charge in [0.25, 0.3) is 0 Å². The Labute approximate surface area is 113 Å². The van der Waals surface area contributed by atoms with Crippen LogP contribution in [0, 0.1) is 5.41 Å². The summed E-state index contributed by atoms with van der Waals surface area (Å²) in [6.07, 6.45) is 2.57. The zero-order chi connectivity index (χ0) is 13.8. The second kappa shape index (κ2) is 4.00. The first-order valence-electron chi connectivity index (χ1n) is 7.28. The molecule has 0 aromatic rings. The Kier molecular flexibility index (Phi) is 3.09. The van der Waals surface area contributed by atoms with Crippen molar-refractivity contribution in [1.29, 1.82) is 0 Å². The molecule has 2 aliphatic rings. The van der Waals surface area contributed by atoms with E-state index in [1.807, 2.05) is 0 Å². The highest BCUT2D eigenvalue weighted by molar-refractivity contribution is 5.21. The number of nitrogens with zero attached hydrogens (tertiary/aromatic N) is 2. The first-order valence-corrected chi connectivity index (χ1v) is 7.28. The standard InChI is InChI=1S/C16H30N2/c1-13-16(9-11-18(13)15(5,6)7)8-10-17(12-16)14(2,3)4/h1,8-12H2,2-7H3. The summed E-state index contributed by atoms with van der Waals surface area (Å²) in [6, 6.07) is 0. The van der Waals surface area contributed by atoms with Crippen molar-refractivity contribution in [2.24, 2.45) is 5.41 Å². The highest BCUT2D eigenvalue weighted by Crippen LogP contribution is 2.49. The predicted octanol–water partition coefficient (Wildman–Crippen LogP) is 3.49. The van der Waals surface area contributed by atoms with Crippen LogP contribution in [0.15, 0.2) is 12.3 Å². The molecule has 0 aliphatic carbocycles. The molecule has 0 bridgehead atoms. The molecule has 0 aromatic carbocycles. The Morgan fingerprint density at radius 1 is 0.944 bits per heavy atom. The monoisotopic (exact) mass is 250 g/mol. The average molecular weight is 250 g/mol. The van der Waals surface area contributed by atoms with Crippen LogP contribution < -0.4 is 0 Å². The van der Waals surface area contributed by atoms with Crippen molar-refractivity contribution in [3.8, 4) is 0 Å². The van der Waals surface area contributed by atoms with Gasteiger partial charge in [-0.05, 0) is 60.9 Å². The Balaban J connectivity index is 2.15. The highest BCUT2D eigenvalue weighted by Gasteiger charge is 2.49. The lowest BCUT2D eigenvalue weighted by Gasteiger charge is -2.38. The van der Waals surface area contributed by atoms with Gasteiger partial charge in [-0.25, -0.2) is 0 Å². The molecule has 2 nitrogen and oxygen atoms in total. The smallest absolute Gasteiger partial charge is 0.0315 e. The van der Waals surface area contributed by atoms with Gasteiger partial charge in [0.05, 0.1) is 0 Å². The van der Waals surface area contributed by atoms with E-state index in [4.69, 9.17) is 0 Å². The molecule has 0 N–H and O–H groups in total. The van der Waals surface area contributed by atoms with Crippen LogP contribution in [0.2, 0.25) is 0 Å². The van der Waals surface area contributed by atoms with Gasteiger partial charge < -0.3 is 4.90 Å². The van der Waals surface area contributed by atoms with Crippen LogP contribution in [0.4, 0.5) is 0 Å². The summed E-state index contributed by atoms with van der Waals surface area (Å²) in [5.74, 6) is 0.